The van der Waals surface area contributed by atoms with Crippen LogP contribution in [0.15, 0.2) is 12.4 Å². The van der Waals surface area contributed by atoms with E-state index in [0.29, 0.717) is 25.5 Å². The molecule has 0 aliphatic carbocycles. The molecule has 1 aliphatic heterocycles. The Labute approximate surface area is 155 Å². The topological polar surface area (TPSA) is 75.4 Å². The third-order valence-corrected chi connectivity index (χ3v) is 4.60. The maximum Gasteiger partial charge on any atom is 0.433 e. The quantitative estimate of drug-likeness (QED) is 0.880. The first-order valence-corrected chi connectivity index (χ1v) is 8.87. The summed E-state index contributed by atoms with van der Waals surface area (Å²) in [6.07, 6.45) is -1.65. The number of rotatable bonds is 3. The van der Waals surface area contributed by atoms with Gasteiger partial charge in [-0.25, -0.2) is 4.98 Å². The SMILES string of the molecule is CC(C)(C)C(=O)NCC1CCCN(c2cc(C(F)(F)F)nc3ncnn23)C1. The highest BCUT2D eigenvalue weighted by Gasteiger charge is 2.35. The van der Waals surface area contributed by atoms with Gasteiger partial charge >= 0.3 is 6.18 Å². The lowest BCUT2D eigenvalue weighted by Gasteiger charge is -2.34. The van der Waals surface area contributed by atoms with Crippen molar-refractivity contribution in [3.05, 3.63) is 18.1 Å². The highest BCUT2D eigenvalue weighted by atomic mass is 19.4. The number of anilines is 1. The molecule has 10 heteroatoms. The van der Waals surface area contributed by atoms with Crippen molar-refractivity contribution in [2.24, 2.45) is 11.3 Å². The summed E-state index contributed by atoms with van der Waals surface area (Å²) in [5.41, 5.74) is -1.46. The van der Waals surface area contributed by atoms with Crippen LogP contribution in [-0.2, 0) is 11.0 Å². The van der Waals surface area contributed by atoms with Crippen molar-refractivity contribution >= 4 is 17.5 Å². The molecule has 0 radical (unpaired) electrons. The van der Waals surface area contributed by atoms with Crippen LogP contribution in [0.4, 0.5) is 19.0 Å². The zero-order chi connectivity index (χ0) is 19.8. The molecule has 0 saturated carbocycles. The number of fused-ring (bicyclic) bond motifs is 1. The van der Waals surface area contributed by atoms with Gasteiger partial charge in [-0.05, 0) is 18.8 Å². The number of alkyl halides is 3. The van der Waals surface area contributed by atoms with E-state index in [2.05, 4.69) is 20.4 Å². The molecule has 0 spiro atoms. The fourth-order valence-electron chi connectivity index (χ4n) is 3.11. The number of aromatic nitrogens is 4. The first-order chi connectivity index (χ1) is 12.6. The second kappa shape index (κ2) is 6.97. The molecule has 1 unspecified atom stereocenters. The molecule has 1 N–H and O–H groups in total. The van der Waals surface area contributed by atoms with Gasteiger partial charge in [0.05, 0.1) is 0 Å². The van der Waals surface area contributed by atoms with Gasteiger partial charge in [-0.1, -0.05) is 20.8 Å². The van der Waals surface area contributed by atoms with Crippen molar-refractivity contribution in [1.82, 2.24) is 24.9 Å². The van der Waals surface area contributed by atoms with E-state index in [-0.39, 0.29) is 17.6 Å². The predicted octanol–water partition coefficient (Wildman–Crippen LogP) is 2.52. The summed E-state index contributed by atoms with van der Waals surface area (Å²) in [5, 5.41) is 6.95. The molecule has 2 aromatic rings. The molecule has 3 rings (SSSR count). The predicted molar refractivity (Wildman–Crippen MR) is 93.2 cm³/mol. The Morgan fingerprint density at radius 2 is 2.07 bits per heavy atom. The summed E-state index contributed by atoms with van der Waals surface area (Å²) in [6.45, 7) is 7.15. The zero-order valence-corrected chi connectivity index (χ0v) is 15.5. The van der Waals surface area contributed by atoms with Crippen molar-refractivity contribution in [3.63, 3.8) is 0 Å². The Balaban J connectivity index is 1.80. The van der Waals surface area contributed by atoms with Gasteiger partial charge in [0.1, 0.15) is 12.1 Å². The van der Waals surface area contributed by atoms with E-state index in [1.807, 2.05) is 25.7 Å². The van der Waals surface area contributed by atoms with Crippen LogP contribution in [0.3, 0.4) is 0 Å². The van der Waals surface area contributed by atoms with Gasteiger partial charge in [0.15, 0.2) is 5.69 Å². The molecule has 0 aromatic carbocycles. The molecule has 7 nitrogen and oxygen atoms in total. The largest absolute Gasteiger partial charge is 0.433 e. The summed E-state index contributed by atoms with van der Waals surface area (Å²) in [6, 6.07) is 1.01. The van der Waals surface area contributed by atoms with Gasteiger partial charge in [0, 0.05) is 31.1 Å². The van der Waals surface area contributed by atoms with E-state index in [1.165, 1.54) is 10.8 Å². The zero-order valence-electron chi connectivity index (χ0n) is 15.5. The van der Waals surface area contributed by atoms with Gasteiger partial charge in [0.2, 0.25) is 5.91 Å². The number of hydrogen-bond donors (Lipinski definition) is 1. The monoisotopic (exact) mass is 384 g/mol. The number of nitrogens with zero attached hydrogens (tertiary/aromatic N) is 5. The van der Waals surface area contributed by atoms with Crippen LogP contribution in [0, 0.1) is 11.3 Å². The average molecular weight is 384 g/mol. The van der Waals surface area contributed by atoms with Crippen molar-refractivity contribution < 1.29 is 18.0 Å². The fraction of sp³-hybridized carbons (Fsp3) is 0.647. The lowest BCUT2D eigenvalue weighted by Crippen LogP contribution is -2.44. The molecular weight excluding hydrogens is 361 g/mol. The van der Waals surface area contributed by atoms with Crippen molar-refractivity contribution in [1.29, 1.82) is 0 Å². The second-order valence-electron chi connectivity index (χ2n) is 7.88. The number of amides is 1. The number of nitrogens with one attached hydrogen (secondary N) is 1. The summed E-state index contributed by atoms with van der Waals surface area (Å²) >= 11 is 0. The molecule has 148 valence electrons. The highest BCUT2D eigenvalue weighted by Crippen LogP contribution is 2.31. The molecule has 1 fully saturated rings. The Bertz CT molecular complexity index is 826. The van der Waals surface area contributed by atoms with E-state index >= 15 is 0 Å². The van der Waals surface area contributed by atoms with E-state index < -0.39 is 17.3 Å². The van der Waals surface area contributed by atoms with Crippen LogP contribution in [0.1, 0.15) is 39.3 Å². The molecule has 1 amide bonds. The van der Waals surface area contributed by atoms with Crippen molar-refractivity contribution in [3.8, 4) is 0 Å². The lowest BCUT2D eigenvalue weighted by molar-refractivity contribution is -0.141. The first-order valence-electron chi connectivity index (χ1n) is 8.87. The summed E-state index contributed by atoms with van der Waals surface area (Å²) in [5.74, 6) is 0.340. The standard InChI is InChI=1S/C17H23F3N6O/c1-16(2,3)14(27)21-8-11-5-4-6-25(9-11)13-7-12(17(18,19)20)24-15-22-10-23-26(13)15/h7,10-11H,4-6,8-9H2,1-3H3,(H,21,27). The summed E-state index contributed by atoms with van der Waals surface area (Å²) in [7, 11) is 0. The van der Waals surface area contributed by atoms with Crippen LogP contribution < -0.4 is 10.2 Å². The molecule has 3 heterocycles. The third-order valence-electron chi connectivity index (χ3n) is 4.60. The van der Waals surface area contributed by atoms with Crippen molar-refractivity contribution in [2.75, 3.05) is 24.5 Å². The lowest BCUT2D eigenvalue weighted by atomic mass is 9.94. The van der Waals surface area contributed by atoms with Gasteiger partial charge in [-0.2, -0.15) is 27.8 Å². The van der Waals surface area contributed by atoms with Gasteiger partial charge in [-0.3, -0.25) is 4.79 Å². The first kappa shape index (κ1) is 19.4. The summed E-state index contributed by atoms with van der Waals surface area (Å²) < 4.78 is 40.9. The number of halogens is 3. The summed E-state index contributed by atoms with van der Waals surface area (Å²) in [4.78, 5) is 21.3. The second-order valence-corrected chi connectivity index (χ2v) is 7.88. The van der Waals surface area contributed by atoms with E-state index in [4.69, 9.17) is 0 Å². The number of carbonyl (C=O) groups excluding carboxylic acids is 1. The number of carbonyl (C=O) groups is 1. The van der Waals surface area contributed by atoms with Gasteiger partial charge in [-0.15, -0.1) is 0 Å². The van der Waals surface area contributed by atoms with Crippen LogP contribution >= 0.6 is 0 Å². The minimum absolute atomic E-state index is 0.0402. The van der Waals surface area contributed by atoms with Crippen LogP contribution in [0.25, 0.3) is 5.78 Å². The van der Waals surface area contributed by atoms with Gasteiger partial charge in [0.25, 0.3) is 5.78 Å². The van der Waals surface area contributed by atoms with E-state index in [9.17, 15) is 18.0 Å². The molecule has 1 atom stereocenters. The smallest absolute Gasteiger partial charge is 0.356 e. The Kier molecular flexibility index (Phi) is 5.00. The minimum atomic E-state index is -4.56. The Hall–Kier alpha value is -2.39. The molecular formula is C17H23F3N6O. The molecule has 0 bridgehead atoms. The molecule has 2 aromatic heterocycles. The number of piperidine rings is 1. The Morgan fingerprint density at radius 3 is 2.74 bits per heavy atom. The molecule has 1 aliphatic rings. The van der Waals surface area contributed by atoms with Crippen LogP contribution in [-0.4, -0.2) is 45.1 Å². The number of hydrogen-bond acceptors (Lipinski definition) is 5. The fourth-order valence-corrected chi connectivity index (χ4v) is 3.11. The van der Waals surface area contributed by atoms with Crippen LogP contribution in [0.2, 0.25) is 0 Å². The average Bonchev–Trinajstić information content (AvgIpc) is 3.06. The van der Waals surface area contributed by atoms with E-state index in [1.54, 1.807) is 0 Å². The van der Waals surface area contributed by atoms with E-state index in [0.717, 1.165) is 18.9 Å². The minimum Gasteiger partial charge on any atom is -0.356 e. The third kappa shape index (κ3) is 4.30. The van der Waals surface area contributed by atoms with Gasteiger partial charge < -0.3 is 10.2 Å². The molecule has 1 saturated heterocycles. The Morgan fingerprint density at radius 1 is 1.33 bits per heavy atom. The van der Waals surface area contributed by atoms with Crippen molar-refractivity contribution in [2.45, 2.75) is 39.8 Å². The maximum atomic E-state index is 13.2. The molecule has 27 heavy (non-hydrogen) atoms. The highest BCUT2D eigenvalue weighted by molar-refractivity contribution is 5.81. The normalized spacial score (nSPS) is 18.7. The maximum absolute atomic E-state index is 13.2. The van der Waals surface area contributed by atoms with Crippen LogP contribution in [0.5, 0.6) is 0 Å².